The second-order valence-electron chi connectivity index (χ2n) is 7.47. The SMILES string of the molecule is Cc1ccc(C2=C(Nc3cccc(F)c3)C(=O)N(Cc3ccccc3Cl)C2=O)cc1C. The highest BCUT2D eigenvalue weighted by molar-refractivity contribution is 6.36. The number of aryl methyl sites for hydroxylation is 2. The summed E-state index contributed by atoms with van der Waals surface area (Å²) in [7, 11) is 0. The van der Waals surface area contributed by atoms with Crippen molar-refractivity contribution in [1.82, 2.24) is 4.90 Å². The summed E-state index contributed by atoms with van der Waals surface area (Å²) in [6.07, 6.45) is 0. The fourth-order valence-electron chi connectivity index (χ4n) is 3.51. The normalized spacial score (nSPS) is 13.9. The third-order valence-corrected chi connectivity index (χ3v) is 5.71. The van der Waals surface area contributed by atoms with Crippen LogP contribution in [0.15, 0.2) is 72.4 Å². The van der Waals surface area contributed by atoms with Gasteiger partial charge in [0.05, 0.1) is 12.1 Å². The third kappa shape index (κ3) is 4.09. The molecule has 0 aromatic heterocycles. The van der Waals surface area contributed by atoms with Gasteiger partial charge >= 0.3 is 0 Å². The molecular weight excluding hydrogens is 415 g/mol. The van der Waals surface area contributed by atoms with Crippen molar-refractivity contribution >= 4 is 34.7 Å². The molecule has 0 spiro atoms. The molecule has 0 bridgehead atoms. The van der Waals surface area contributed by atoms with E-state index in [2.05, 4.69) is 5.32 Å². The zero-order chi connectivity index (χ0) is 22.1. The molecule has 6 heteroatoms. The highest BCUT2D eigenvalue weighted by Gasteiger charge is 2.39. The molecule has 0 unspecified atom stereocenters. The first-order valence-corrected chi connectivity index (χ1v) is 10.2. The topological polar surface area (TPSA) is 49.4 Å². The summed E-state index contributed by atoms with van der Waals surface area (Å²) >= 11 is 6.25. The van der Waals surface area contributed by atoms with E-state index in [9.17, 15) is 14.0 Å². The van der Waals surface area contributed by atoms with E-state index in [0.717, 1.165) is 16.0 Å². The second kappa shape index (κ2) is 8.36. The lowest BCUT2D eigenvalue weighted by Crippen LogP contribution is -2.32. The number of rotatable bonds is 5. The number of amides is 2. The monoisotopic (exact) mass is 434 g/mol. The number of halogens is 2. The second-order valence-corrected chi connectivity index (χ2v) is 7.88. The van der Waals surface area contributed by atoms with E-state index >= 15 is 0 Å². The van der Waals surface area contributed by atoms with Gasteiger partial charge in [0.1, 0.15) is 11.5 Å². The summed E-state index contributed by atoms with van der Waals surface area (Å²) in [4.78, 5) is 27.9. The van der Waals surface area contributed by atoms with E-state index < -0.39 is 17.6 Å². The summed E-state index contributed by atoms with van der Waals surface area (Å²) < 4.78 is 13.7. The number of anilines is 1. The Balaban J connectivity index is 1.78. The number of imide groups is 1. The minimum atomic E-state index is -0.484. The van der Waals surface area contributed by atoms with Crippen molar-refractivity contribution in [1.29, 1.82) is 0 Å². The van der Waals surface area contributed by atoms with Crippen LogP contribution in [-0.2, 0) is 16.1 Å². The lowest BCUT2D eigenvalue weighted by Gasteiger charge is -2.16. The highest BCUT2D eigenvalue weighted by atomic mass is 35.5. The Kier molecular flexibility index (Phi) is 5.61. The zero-order valence-electron chi connectivity index (χ0n) is 17.1. The maximum Gasteiger partial charge on any atom is 0.278 e. The van der Waals surface area contributed by atoms with Crippen molar-refractivity contribution in [3.63, 3.8) is 0 Å². The van der Waals surface area contributed by atoms with Gasteiger partial charge in [-0.3, -0.25) is 14.5 Å². The van der Waals surface area contributed by atoms with E-state index in [1.54, 1.807) is 30.3 Å². The molecule has 156 valence electrons. The molecule has 0 aliphatic carbocycles. The first-order chi connectivity index (χ1) is 14.8. The number of carbonyl (C=O) groups excluding carboxylic acids is 2. The molecule has 1 aliphatic rings. The van der Waals surface area contributed by atoms with Crippen molar-refractivity contribution in [2.45, 2.75) is 20.4 Å². The van der Waals surface area contributed by atoms with Crippen LogP contribution in [0.3, 0.4) is 0 Å². The number of nitrogens with zero attached hydrogens (tertiary/aromatic N) is 1. The van der Waals surface area contributed by atoms with Crippen LogP contribution in [-0.4, -0.2) is 16.7 Å². The predicted octanol–water partition coefficient (Wildman–Crippen LogP) is 5.49. The van der Waals surface area contributed by atoms with Gasteiger partial charge in [0.15, 0.2) is 0 Å². The predicted molar refractivity (Wildman–Crippen MR) is 120 cm³/mol. The molecule has 1 heterocycles. The number of benzene rings is 3. The summed E-state index contributed by atoms with van der Waals surface area (Å²) in [5.74, 6) is -1.35. The third-order valence-electron chi connectivity index (χ3n) is 5.34. The average Bonchev–Trinajstić information content (AvgIpc) is 2.96. The van der Waals surface area contributed by atoms with Crippen LogP contribution in [0.2, 0.25) is 5.02 Å². The Hall–Kier alpha value is -3.44. The number of carbonyl (C=O) groups is 2. The number of hydrogen-bond donors (Lipinski definition) is 1. The largest absolute Gasteiger partial charge is 0.350 e. The standard InChI is InChI=1S/C25H20ClFN2O2/c1-15-10-11-17(12-16(15)2)22-23(28-20-8-5-7-19(27)13-20)25(31)29(24(22)30)14-18-6-3-4-9-21(18)26/h3-13,28H,14H2,1-2H3. The summed E-state index contributed by atoms with van der Waals surface area (Å²) in [6, 6.07) is 18.4. The molecule has 0 saturated heterocycles. The Bertz CT molecular complexity index is 1240. The maximum atomic E-state index is 13.7. The van der Waals surface area contributed by atoms with Crippen molar-refractivity contribution in [3.8, 4) is 0 Å². The number of hydrogen-bond acceptors (Lipinski definition) is 3. The summed E-state index contributed by atoms with van der Waals surface area (Å²) in [5, 5.41) is 3.44. The molecule has 3 aromatic carbocycles. The van der Waals surface area contributed by atoms with Crippen molar-refractivity contribution in [3.05, 3.63) is 106 Å². The Morgan fingerprint density at radius 1 is 0.903 bits per heavy atom. The Morgan fingerprint density at radius 3 is 2.39 bits per heavy atom. The van der Waals surface area contributed by atoms with Gasteiger partial charge in [-0.25, -0.2) is 4.39 Å². The van der Waals surface area contributed by atoms with Gasteiger partial charge in [-0.2, -0.15) is 0 Å². The quantitative estimate of drug-likeness (QED) is 0.540. The van der Waals surface area contributed by atoms with Crippen LogP contribution >= 0.6 is 11.6 Å². The van der Waals surface area contributed by atoms with E-state index in [-0.39, 0.29) is 17.8 Å². The van der Waals surface area contributed by atoms with Crippen molar-refractivity contribution in [2.75, 3.05) is 5.32 Å². The first-order valence-electron chi connectivity index (χ1n) is 9.79. The van der Waals surface area contributed by atoms with Gasteiger partial charge in [0.25, 0.3) is 11.8 Å². The molecular formula is C25H20ClFN2O2. The Morgan fingerprint density at radius 2 is 1.68 bits per heavy atom. The smallest absolute Gasteiger partial charge is 0.278 e. The minimum absolute atomic E-state index is 0.0417. The molecule has 0 saturated carbocycles. The van der Waals surface area contributed by atoms with E-state index in [4.69, 9.17) is 11.6 Å². The van der Waals surface area contributed by atoms with Crippen LogP contribution in [0.5, 0.6) is 0 Å². The van der Waals surface area contributed by atoms with Crippen molar-refractivity contribution < 1.29 is 14.0 Å². The molecule has 0 atom stereocenters. The van der Waals surface area contributed by atoms with Crippen LogP contribution < -0.4 is 5.32 Å². The van der Waals surface area contributed by atoms with Gasteiger partial charge < -0.3 is 5.32 Å². The zero-order valence-corrected chi connectivity index (χ0v) is 17.8. The lowest BCUT2D eigenvalue weighted by molar-refractivity contribution is -0.137. The lowest BCUT2D eigenvalue weighted by atomic mass is 9.99. The van der Waals surface area contributed by atoms with E-state index in [1.807, 2.05) is 32.0 Å². The minimum Gasteiger partial charge on any atom is -0.350 e. The van der Waals surface area contributed by atoms with Crippen LogP contribution in [0, 0.1) is 19.7 Å². The molecule has 31 heavy (non-hydrogen) atoms. The molecule has 3 aromatic rings. The molecule has 4 rings (SSSR count). The summed E-state index contributed by atoms with van der Waals surface area (Å²) in [5.41, 5.74) is 4.13. The Labute approximate surface area is 185 Å². The molecule has 0 fully saturated rings. The van der Waals surface area contributed by atoms with Crippen molar-refractivity contribution in [2.24, 2.45) is 0 Å². The van der Waals surface area contributed by atoms with Gasteiger partial charge in [0, 0.05) is 10.7 Å². The molecule has 1 aliphatic heterocycles. The fourth-order valence-corrected chi connectivity index (χ4v) is 3.70. The van der Waals surface area contributed by atoms with Gasteiger partial charge in [0.2, 0.25) is 0 Å². The van der Waals surface area contributed by atoms with E-state index in [0.29, 0.717) is 21.8 Å². The molecule has 2 amide bonds. The molecule has 4 nitrogen and oxygen atoms in total. The van der Waals surface area contributed by atoms with Gasteiger partial charge in [-0.15, -0.1) is 0 Å². The average molecular weight is 435 g/mol. The van der Waals surface area contributed by atoms with Crippen LogP contribution in [0.25, 0.3) is 5.57 Å². The van der Waals surface area contributed by atoms with Gasteiger partial charge in [-0.1, -0.05) is 54.1 Å². The molecule has 0 radical (unpaired) electrons. The van der Waals surface area contributed by atoms with Crippen LogP contribution in [0.4, 0.5) is 10.1 Å². The van der Waals surface area contributed by atoms with E-state index in [1.165, 1.54) is 18.2 Å². The highest BCUT2D eigenvalue weighted by Crippen LogP contribution is 2.33. The molecule has 1 N–H and O–H groups in total. The summed E-state index contributed by atoms with van der Waals surface area (Å²) in [6.45, 7) is 3.96. The number of nitrogens with one attached hydrogen (secondary N) is 1. The first kappa shape index (κ1) is 20.8. The van der Waals surface area contributed by atoms with Crippen LogP contribution in [0.1, 0.15) is 22.3 Å². The fraction of sp³-hybridized carbons (Fsp3) is 0.120. The van der Waals surface area contributed by atoms with Gasteiger partial charge in [-0.05, 0) is 60.4 Å². The maximum absolute atomic E-state index is 13.7.